The normalized spacial score (nSPS) is 14.9. The maximum absolute atomic E-state index is 13.1. The predicted octanol–water partition coefficient (Wildman–Crippen LogP) is 27.2. The van der Waals surface area contributed by atoms with Gasteiger partial charge in [0, 0.05) is 35.0 Å². The van der Waals surface area contributed by atoms with Crippen molar-refractivity contribution in [1.82, 2.24) is 4.90 Å². The molecule has 1 aliphatic carbocycles. The Kier molecular flexibility index (Phi) is 38.2. The van der Waals surface area contributed by atoms with Gasteiger partial charge in [0.15, 0.2) is 28.8 Å². The summed E-state index contributed by atoms with van der Waals surface area (Å²) >= 11 is 5.72. The van der Waals surface area contributed by atoms with Gasteiger partial charge < -0.3 is 32.8 Å². The Morgan fingerprint density at radius 2 is 0.981 bits per heavy atom. The third kappa shape index (κ3) is 40.8. The molecule has 0 radical (unpaired) electrons. The number of hydrogen-bond acceptors (Lipinski definition) is 9. The zero-order valence-electron chi connectivity index (χ0n) is 71.9. The lowest BCUT2D eigenvalue weighted by atomic mass is 9.87. The molecule has 1 atom stereocenters. The van der Waals surface area contributed by atoms with E-state index in [-0.39, 0.29) is 56.9 Å². The molecule has 4 heterocycles. The Bertz CT molecular complexity index is 3660. The number of halogens is 4. The van der Waals surface area contributed by atoms with E-state index in [4.69, 9.17) is 44.4 Å². The highest BCUT2D eigenvalue weighted by Crippen LogP contribution is 2.38. The second-order valence-electron chi connectivity index (χ2n) is 38.8. The van der Waals surface area contributed by atoms with Crippen LogP contribution in [-0.2, 0) is 45.0 Å². The van der Waals surface area contributed by atoms with Crippen LogP contribution in [0.5, 0.6) is 28.7 Å². The number of hydrogen-bond donors (Lipinski definition) is 0. The van der Waals surface area contributed by atoms with Crippen LogP contribution < -0.4 is 23.7 Å². The molecule has 2 fully saturated rings. The number of benzene rings is 6. The first kappa shape index (κ1) is 95.5. The van der Waals surface area contributed by atoms with Crippen molar-refractivity contribution in [3.05, 3.63) is 208 Å². The second kappa shape index (κ2) is 43.2. The molecule has 11 rings (SSSR count). The molecular weight excluding hydrogens is 1380 g/mol. The van der Waals surface area contributed by atoms with E-state index in [0.717, 1.165) is 71.8 Å². The number of furan rings is 1. The molecule has 1 unspecified atom stereocenters. The average Bonchev–Trinajstić information content (AvgIpc) is 1.55. The third-order valence-corrected chi connectivity index (χ3v) is 18.0. The van der Waals surface area contributed by atoms with Gasteiger partial charge in [-0.3, -0.25) is 9.69 Å². The van der Waals surface area contributed by atoms with Crippen LogP contribution in [0.4, 0.5) is 13.2 Å². The van der Waals surface area contributed by atoms with E-state index in [2.05, 4.69) is 182 Å². The third-order valence-electron chi connectivity index (χ3n) is 17.8. The van der Waals surface area contributed by atoms with Crippen LogP contribution in [0.3, 0.4) is 0 Å². The molecule has 13 heteroatoms. The summed E-state index contributed by atoms with van der Waals surface area (Å²) in [4.78, 5) is 14.1. The van der Waals surface area contributed by atoms with Crippen LogP contribution in [0.2, 0.25) is 5.02 Å². The first-order valence-corrected chi connectivity index (χ1v) is 39.4. The maximum Gasteiger partial charge on any atom is 0.231 e. The highest BCUT2D eigenvalue weighted by Gasteiger charge is 2.28. The van der Waals surface area contributed by atoms with E-state index >= 15 is 0 Å². The molecule has 1 aromatic heterocycles. The SMILES string of the molecule is CC(C)(C)C(=O)COc1ccc(Cl)cc1.CC(C)(C)CC1CCCO1.CC(C)(C)Cc1ccc(F)cc1.CC(C)(C)Cc1ccc2c(c1)OCO2.CC(C)(C)Cc1ccco1.CC(C)(C)c1ccc2c(c1)OCO2.CC(C)(C)c1cccc(F)c1.CC(C)(C)c1ccccc1F.CN(C1CCCCC1)C(C)(C)C. The summed E-state index contributed by atoms with van der Waals surface area (Å²) in [6.07, 6.45) is 16.2. The maximum atomic E-state index is 13.1. The van der Waals surface area contributed by atoms with Gasteiger partial charge in [-0.25, -0.2) is 13.2 Å². The van der Waals surface area contributed by atoms with Crippen LogP contribution in [0.15, 0.2) is 156 Å². The van der Waals surface area contributed by atoms with Crippen molar-refractivity contribution in [2.24, 2.45) is 27.1 Å². The van der Waals surface area contributed by atoms with Crippen molar-refractivity contribution in [1.29, 1.82) is 0 Å². The van der Waals surface area contributed by atoms with Gasteiger partial charge in [0.1, 0.15) is 35.6 Å². The molecule has 0 bridgehead atoms. The summed E-state index contributed by atoms with van der Waals surface area (Å²) in [6.45, 7) is 59.8. The summed E-state index contributed by atoms with van der Waals surface area (Å²) in [7, 11) is 2.27. The minimum absolute atomic E-state index is 0.0437. The minimum atomic E-state index is -0.355. The number of ketones is 1. The number of carbonyl (C=O) groups excluding carboxylic acids is 1. The molecular formula is C95H141ClF3NO8. The lowest BCUT2D eigenvalue weighted by Gasteiger charge is -2.40. The Morgan fingerprint density at radius 1 is 0.472 bits per heavy atom. The molecule has 1 saturated heterocycles. The van der Waals surface area contributed by atoms with Crippen molar-refractivity contribution in [3.63, 3.8) is 0 Å². The van der Waals surface area contributed by atoms with Gasteiger partial charge in [0.2, 0.25) is 13.6 Å². The minimum Gasteiger partial charge on any atom is -0.486 e. The number of ether oxygens (including phenoxy) is 6. The first-order valence-electron chi connectivity index (χ1n) is 39.0. The van der Waals surface area contributed by atoms with Gasteiger partial charge in [0.05, 0.1) is 12.4 Å². The number of rotatable bonds is 8. The largest absolute Gasteiger partial charge is 0.486 e. The highest BCUT2D eigenvalue weighted by atomic mass is 35.5. The predicted molar refractivity (Wildman–Crippen MR) is 447 cm³/mol. The summed E-state index contributed by atoms with van der Waals surface area (Å²) in [5.41, 5.74) is 7.07. The van der Waals surface area contributed by atoms with Crippen LogP contribution in [0.25, 0.3) is 0 Å². The van der Waals surface area contributed by atoms with Gasteiger partial charge in [-0.1, -0.05) is 252 Å². The van der Waals surface area contributed by atoms with Crippen LogP contribution in [-0.4, -0.2) is 62.2 Å². The monoisotopic (exact) mass is 1520 g/mol. The molecule has 9 nitrogen and oxygen atoms in total. The van der Waals surface area contributed by atoms with Crippen molar-refractivity contribution in [2.75, 3.05) is 33.8 Å². The number of nitrogens with zero attached hydrogens (tertiary/aromatic N) is 1. The van der Waals surface area contributed by atoms with Crippen molar-refractivity contribution in [3.8, 4) is 28.7 Å². The molecule has 7 aromatic rings. The standard InChI is InChI=1S/C12H15ClO2.C12H16O2.C11H15F.C11H23N.C11H14O2.2C10H13F.C9H18O.C9H14O/c1-12(2,3)11(14)8-15-10-6-4-9(13)5-7-10;1-12(2,3)7-9-4-5-10-11(6-9)14-8-13-10;1-11(2,3)8-9-4-6-10(12)7-5-9;1-11(2,3)12(4)10-8-6-5-7-9-10;1-11(2,3)8-4-5-9-10(6-8)13-7-12-9;1-10(2,3)8-5-4-6-9(11)7-8;1-10(2,3)8-6-4-5-7-9(8)11;2*1-9(2,3)7-8-5-4-6-10-8/h4-7H,8H2,1-3H3;4-6H,7-8H2,1-3H3;4-7H,8H2,1-3H3;10H,5-9H2,1-4H3;4-6H,7H2,1-3H3;2*4-7H,1-3H3;8H,4-7H2,1-3H3;4-6H,7H2,1-3H3. The fraction of sp³-hybridized carbons (Fsp3) is 0.568. The zero-order chi connectivity index (χ0) is 81.7. The Labute approximate surface area is 658 Å². The molecule has 602 valence electrons. The van der Waals surface area contributed by atoms with E-state index in [0.29, 0.717) is 52.2 Å². The van der Waals surface area contributed by atoms with Gasteiger partial charge in [-0.15, -0.1) is 0 Å². The van der Waals surface area contributed by atoms with Crippen molar-refractivity contribution in [2.45, 2.75) is 291 Å². The van der Waals surface area contributed by atoms with Gasteiger partial charge in [-0.05, 0) is 229 Å². The topological polar surface area (TPSA) is 88.8 Å². The van der Waals surface area contributed by atoms with Crippen LogP contribution in [0, 0.1) is 44.5 Å². The summed E-state index contributed by atoms with van der Waals surface area (Å²) in [6, 6.07) is 44.4. The molecule has 4 aliphatic rings. The molecule has 0 spiro atoms. The van der Waals surface area contributed by atoms with E-state index in [1.54, 1.807) is 48.7 Å². The van der Waals surface area contributed by atoms with E-state index in [1.807, 2.05) is 96.1 Å². The van der Waals surface area contributed by atoms with Crippen LogP contribution >= 0.6 is 11.6 Å². The van der Waals surface area contributed by atoms with E-state index in [1.165, 1.54) is 92.3 Å². The first-order chi connectivity index (χ1) is 49.7. The lowest BCUT2D eigenvalue weighted by Crippen LogP contribution is -2.45. The lowest BCUT2D eigenvalue weighted by molar-refractivity contribution is -0.128. The highest BCUT2D eigenvalue weighted by molar-refractivity contribution is 6.30. The summed E-state index contributed by atoms with van der Waals surface area (Å²) in [5, 5.41) is 0.657. The molecule has 0 N–H and O–H groups in total. The number of carbonyl (C=O) groups is 1. The van der Waals surface area contributed by atoms with Crippen molar-refractivity contribution < 1.29 is 50.8 Å². The fourth-order valence-electron chi connectivity index (χ4n) is 11.6. The number of Topliss-reactive ketones (excluding diaryl/α,β-unsaturated/α-hetero) is 1. The average molecular weight is 1520 g/mol. The quantitative estimate of drug-likeness (QED) is 0.148. The van der Waals surface area contributed by atoms with Gasteiger partial charge >= 0.3 is 0 Å². The molecule has 108 heavy (non-hydrogen) atoms. The molecule has 1 saturated carbocycles. The zero-order valence-corrected chi connectivity index (χ0v) is 72.7. The summed E-state index contributed by atoms with van der Waals surface area (Å²) < 4.78 is 75.5. The summed E-state index contributed by atoms with van der Waals surface area (Å²) in [5.74, 6) is 4.86. The van der Waals surface area contributed by atoms with Crippen molar-refractivity contribution >= 4 is 17.4 Å². The van der Waals surface area contributed by atoms with Gasteiger partial charge in [0.25, 0.3) is 0 Å². The second-order valence-corrected chi connectivity index (χ2v) is 39.2. The number of fused-ring (bicyclic) bond motifs is 2. The Hall–Kier alpha value is -6.73. The van der Waals surface area contributed by atoms with E-state index in [9.17, 15) is 18.0 Å². The van der Waals surface area contributed by atoms with E-state index < -0.39 is 0 Å². The Morgan fingerprint density at radius 3 is 1.43 bits per heavy atom. The smallest absolute Gasteiger partial charge is 0.231 e. The van der Waals surface area contributed by atoms with Crippen LogP contribution in [0.1, 0.15) is 272 Å². The Balaban J connectivity index is 0.000000316. The van der Waals surface area contributed by atoms with Gasteiger partial charge in [-0.2, -0.15) is 0 Å². The molecule has 0 amide bonds. The fourth-order valence-corrected chi connectivity index (χ4v) is 11.7. The molecule has 6 aromatic carbocycles. The molecule has 3 aliphatic heterocycles.